The number of carbonyl (C=O) groups excluding carboxylic acids is 1. The standard InChI is InChI=1S/C19H22N6O/c1-14(25-13-20-12-22-25)19(26)24-9-7-16(8-10-24)18-17(11-21-23-18)15-5-3-2-4-6-15/h2-6,11-14,16H,7-10H2,1H3,(H,21,23)/t14-/m1/s1. The predicted octanol–water partition coefficient (Wildman–Crippen LogP) is 2.64. The SMILES string of the molecule is C[C@H](C(=O)N1CCC(c2[nH]ncc2-c2ccccc2)CC1)n1cncn1. The number of nitrogens with one attached hydrogen (secondary N) is 1. The summed E-state index contributed by atoms with van der Waals surface area (Å²) >= 11 is 0. The van der Waals surface area contributed by atoms with Gasteiger partial charge in [-0.1, -0.05) is 30.3 Å². The maximum absolute atomic E-state index is 12.7. The number of rotatable bonds is 4. The molecule has 1 aromatic carbocycles. The van der Waals surface area contributed by atoms with Crippen molar-refractivity contribution in [3.8, 4) is 11.1 Å². The van der Waals surface area contributed by atoms with Gasteiger partial charge in [-0.2, -0.15) is 10.2 Å². The molecule has 1 N–H and O–H groups in total. The number of hydrogen-bond acceptors (Lipinski definition) is 4. The molecule has 1 aliphatic heterocycles. The lowest BCUT2D eigenvalue weighted by atomic mass is 9.89. The number of carbonyl (C=O) groups is 1. The van der Waals surface area contributed by atoms with Crippen LogP contribution in [0.4, 0.5) is 0 Å². The van der Waals surface area contributed by atoms with Crippen LogP contribution in [0.3, 0.4) is 0 Å². The molecule has 0 radical (unpaired) electrons. The Balaban J connectivity index is 1.43. The van der Waals surface area contributed by atoms with E-state index in [0.29, 0.717) is 5.92 Å². The maximum atomic E-state index is 12.7. The number of likely N-dealkylation sites (tertiary alicyclic amines) is 1. The van der Waals surface area contributed by atoms with Crippen LogP contribution in [0.25, 0.3) is 11.1 Å². The lowest BCUT2D eigenvalue weighted by molar-refractivity contribution is -0.135. The number of benzene rings is 1. The molecule has 0 unspecified atom stereocenters. The summed E-state index contributed by atoms with van der Waals surface area (Å²) in [4.78, 5) is 18.6. The number of H-pyrrole nitrogens is 1. The zero-order valence-corrected chi connectivity index (χ0v) is 14.7. The van der Waals surface area contributed by atoms with Crippen LogP contribution >= 0.6 is 0 Å². The van der Waals surface area contributed by atoms with Crippen LogP contribution in [0, 0.1) is 0 Å². The smallest absolute Gasteiger partial charge is 0.247 e. The summed E-state index contributed by atoms with van der Waals surface area (Å²) in [5, 5.41) is 11.5. The van der Waals surface area contributed by atoms with Crippen LogP contribution in [-0.4, -0.2) is 48.9 Å². The molecule has 0 saturated carbocycles. The monoisotopic (exact) mass is 350 g/mol. The minimum atomic E-state index is -0.318. The van der Waals surface area contributed by atoms with Gasteiger partial charge in [0.05, 0.1) is 6.20 Å². The zero-order valence-electron chi connectivity index (χ0n) is 14.7. The van der Waals surface area contributed by atoms with Gasteiger partial charge in [0, 0.05) is 30.3 Å². The van der Waals surface area contributed by atoms with Crippen molar-refractivity contribution >= 4 is 5.91 Å². The number of amides is 1. The average Bonchev–Trinajstić information content (AvgIpc) is 3.39. The molecule has 1 amide bonds. The molecule has 1 atom stereocenters. The maximum Gasteiger partial charge on any atom is 0.247 e. The molecule has 1 aliphatic rings. The van der Waals surface area contributed by atoms with E-state index in [0.717, 1.165) is 31.5 Å². The van der Waals surface area contributed by atoms with Gasteiger partial charge >= 0.3 is 0 Å². The number of piperidine rings is 1. The van der Waals surface area contributed by atoms with Crippen molar-refractivity contribution in [3.63, 3.8) is 0 Å². The van der Waals surface area contributed by atoms with Gasteiger partial charge in [0.15, 0.2) is 0 Å². The van der Waals surface area contributed by atoms with Gasteiger partial charge in [-0.15, -0.1) is 0 Å². The summed E-state index contributed by atoms with van der Waals surface area (Å²) in [5.41, 5.74) is 3.51. The molecule has 3 heterocycles. The van der Waals surface area contributed by atoms with E-state index < -0.39 is 0 Å². The Bertz CT molecular complexity index is 849. The summed E-state index contributed by atoms with van der Waals surface area (Å²) in [6.45, 7) is 3.36. The Morgan fingerprint density at radius 1 is 1.23 bits per heavy atom. The third-order valence-electron chi connectivity index (χ3n) is 5.16. The fraction of sp³-hybridized carbons (Fsp3) is 0.368. The molecule has 3 aromatic rings. The van der Waals surface area contributed by atoms with E-state index in [-0.39, 0.29) is 11.9 Å². The molecule has 2 aromatic heterocycles. The van der Waals surface area contributed by atoms with Crippen molar-refractivity contribution in [3.05, 3.63) is 54.9 Å². The summed E-state index contributed by atoms with van der Waals surface area (Å²) in [5.74, 6) is 0.486. The number of aromatic nitrogens is 5. The highest BCUT2D eigenvalue weighted by Crippen LogP contribution is 2.34. The first kappa shape index (κ1) is 16.5. The summed E-state index contributed by atoms with van der Waals surface area (Å²) in [6.07, 6.45) is 6.80. The van der Waals surface area contributed by atoms with Gasteiger partial charge in [-0.3, -0.25) is 9.89 Å². The lowest BCUT2D eigenvalue weighted by Gasteiger charge is -2.33. The van der Waals surface area contributed by atoms with Crippen LogP contribution in [0.15, 0.2) is 49.2 Å². The Morgan fingerprint density at radius 3 is 2.69 bits per heavy atom. The number of hydrogen-bond donors (Lipinski definition) is 1. The molecule has 4 rings (SSSR count). The first-order chi connectivity index (χ1) is 12.7. The molecule has 26 heavy (non-hydrogen) atoms. The molecule has 7 nitrogen and oxygen atoms in total. The van der Waals surface area contributed by atoms with E-state index in [1.807, 2.05) is 36.2 Å². The van der Waals surface area contributed by atoms with Crippen molar-refractivity contribution in [2.45, 2.75) is 31.7 Å². The molecular weight excluding hydrogens is 328 g/mol. The van der Waals surface area contributed by atoms with Crippen molar-refractivity contribution in [1.29, 1.82) is 0 Å². The van der Waals surface area contributed by atoms with Gasteiger partial charge in [0.2, 0.25) is 5.91 Å². The van der Waals surface area contributed by atoms with Crippen LogP contribution < -0.4 is 0 Å². The van der Waals surface area contributed by atoms with Crippen molar-refractivity contribution in [2.75, 3.05) is 13.1 Å². The van der Waals surface area contributed by atoms with Gasteiger partial charge in [-0.05, 0) is 25.3 Å². The van der Waals surface area contributed by atoms with Crippen LogP contribution in [0.5, 0.6) is 0 Å². The minimum Gasteiger partial charge on any atom is -0.341 e. The second-order valence-electron chi connectivity index (χ2n) is 6.71. The second-order valence-corrected chi connectivity index (χ2v) is 6.71. The van der Waals surface area contributed by atoms with Gasteiger partial charge < -0.3 is 4.90 Å². The van der Waals surface area contributed by atoms with Crippen molar-refractivity contribution in [1.82, 2.24) is 29.9 Å². The summed E-state index contributed by atoms with van der Waals surface area (Å²) in [7, 11) is 0. The van der Waals surface area contributed by atoms with E-state index in [1.54, 1.807) is 11.0 Å². The van der Waals surface area contributed by atoms with Gasteiger partial charge in [-0.25, -0.2) is 9.67 Å². The first-order valence-corrected chi connectivity index (χ1v) is 8.95. The third-order valence-corrected chi connectivity index (χ3v) is 5.16. The Hall–Kier alpha value is -2.96. The van der Waals surface area contributed by atoms with Gasteiger partial charge in [0.25, 0.3) is 0 Å². The van der Waals surface area contributed by atoms with E-state index in [9.17, 15) is 4.79 Å². The van der Waals surface area contributed by atoms with E-state index in [1.165, 1.54) is 17.6 Å². The summed E-state index contributed by atoms with van der Waals surface area (Å²) in [6, 6.07) is 9.99. The van der Waals surface area contributed by atoms with E-state index in [2.05, 4.69) is 32.4 Å². The third kappa shape index (κ3) is 3.12. The molecule has 7 heteroatoms. The highest BCUT2D eigenvalue weighted by molar-refractivity contribution is 5.80. The normalized spacial score (nSPS) is 16.6. The predicted molar refractivity (Wildman–Crippen MR) is 97.3 cm³/mol. The molecule has 134 valence electrons. The molecular formula is C19H22N6O. The molecule has 1 saturated heterocycles. The fourth-order valence-electron chi connectivity index (χ4n) is 3.64. The largest absolute Gasteiger partial charge is 0.341 e. The first-order valence-electron chi connectivity index (χ1n) is 8.95. The Labute approximate surface area is 152 Å². The minimum absolute atomic E-state index is 0.0989. The van der Waals surface area contributed by atoms with Crippen LogP contribution in [0.1, 0.15) is 37.4 Å². The zero-order chi connectivity index (χ0) is 17.9. The summed E-state index contributed by atoms with van der Waals surface area (Å²) < 4.78 is 1.61. The molecule has 0 aliphatic carbocycles. The second kappa shape index (κ2) is 7.11. The van der Waals surface area contributed by atoms with E-state index >= 15 is 0 Å². The van der Waals surface area contributed by atoms with E-state index in [4.69, 9.17) is 0 Å². The van der Waals surface area contributed by atoms with Crippen molar-refractivity contribution in [2.24, 2.45) is 0 Å². The average molecular weight is 350 g/mol. The quantitative estimate of drug-likeness (QED) is 0.784. The Morgan fingerprint density at radius 2 is 2.00 bits per heavy atom. The Kier molecular flexibility index (Phi) is 4.51. The van der Waals surface area contributed by atoms with Crippen molar-refractivity contribution < 1.29 is 4.79 Å². The van der Waals surface area contributed by atoms with Crippen LogP contribution in [0.2, 0.25) is 0 Å². The fourth-order valence-corrected chi connectivity index (χ4v) is 3.64. The number of nitrogens with zero attached hydrogens (tertiary/aromatic N) is 5. The molecule has 0 spiro atoms. The lowest BCUT2D eigenvalue weighted by Crippen LogP contribution is -2.41. The topological polar surface area (TPSA) is 79.7 Å². The molecule has 0 bridgehead atoms. The highest BCUT2D eigenvalue weighted by atomic mass is 16.2. The van der Waals surface area contributed by atoms with Crippen LogP contribution in [-0.2, 0) is 4.79 Å². The number of aromatic amines is 1. The highest BCUT2D eigenvalue weighted by Gasteiger charge is 2.29. The van der Waals surface area contributed by atoms with Gasteiger partial charge in [0.1, 0.15) is 18.7 Å². The molecule has 1 fully saturated rings.